The summed E-state index contributed by atoms with van der Waals surface area (Å²) in [6.45, 7) is 7.59. The van der Waals surface area contributed by atoms with E-state index in [1.54, 1.807) is 0 Å². The number of rotatable bonds is 2. The smallest absolute Gasteiger partial charge is 0.189 e. The third kappa shape index (κ3) is 3.25. The number of benzene rings is 6. The standard InChI is InChI=1S/C38H20N4O/c1-40-24-11-15-30-28-7-3-5-9-34(28)42(36(30)19-24)26-13-17-38-32(21-26)31-20-25(12-16-37(31)43-38)41-33-8-4-2-6-27(33)29-14-10-23(22-39)18-35(29)41/h2-21H. The first-order valence-electron chi connectivity index (χ1n) is 14.0. The third-order valence-electron chi connectivity index (χ3n) is 8.54. The molecule has 5 heteroatoms. The Balaban J connectivity index is 1.32. The van der Waals surface area contributed by atoms with Crippen LogP contribution in [0.2, 0.25) is 0 Å². The lowest BCUT2D eigenvalue weighted by atomic mass is 10.1. The highest BCUT2D eigenvalue weighted by Gasteiger charge is 2.17. The average molecular weight is 549 g/mol. The monoisotopic (exact) mass is 548 g/mol. The van der Waals surface area contributed by atoms with E-state index in [9.17, 15) is 5.26 Å². The molecule has 0 radical (unpaired) electrons. The minimum atomic E-state index is 0.613. The third-order valence-corrected chi connectivity index (χ3v) is 8.54. The Morgan fingerprint density at radius 2 is 1.07 bits per heavy atom. The van der Waals surface area contributed by atoms with Crippen LogP contribution in [0.25, 0.3) is 81.8 Å². The zero-order valence-corrected chi connectivity index (χ0v) is 22.7. The summed E-state index contributed by atoms with van der Waals surface area (Å²) in [5.41, 5.74) is 9.04. The molecule has 0 aliphatic carbocycles. The molecule has 0 spiro atoms. The molecule has 43 heavy (non-hydrogen) atoms. The van der Waals surface area contributed by atoms with Gasteiger partial charge in [0.25, 0.3) is 0 Å². The maximum absolute atomic E-state index is 9.64. The summed E-state index contributed by atoms with van der Waals surface area (Å²) in [4.78, 5) is 3.70. The van der Waals surface area contributed by atoms with Crippen molar-refractivity contribution in [3.05, 3.63) is 138 Å². The number of hydrogen-bond donors (Lipinski definition) is 0. The van der Waals surface area contributed by atoms with E-state index in [0.29, 0.717) is 11.3 Å². The Labute approximate surface area is 245 Å². The largest absolute Gasteiger partial charge is 0.456 e. The highest BCUT2D eigenvalue weighted by Crippen LogP contribution is 2.38. The van der Waals surface area contributed by atoms with Gasteiger partial charge in [0.05, 0.1) is 34.8 Å². The Morgan fingerprint density at radius 1 is 0.535 bits per heavy atom. The first-order valence-corrected chi connectivity index (χ1v) is 14.0. The van der Waals surface area contributed by atoms with Gasteiger partial charge in [-0.1, -0.05) is 54.6 Å². The maximum atomic E-state index is 9.64. The van der Waals surface area contributed by atoms with Crippen molar-refractivity contribution in [2.75, 3.05) is 0 Å². The fourth-order valence-corrected chi connectivity index (χ4v) is 6.66. The molecule has 0 aliphatic heterocycles. The van der Waals surface area contributed by atoms with E-state index in [0.717, 1.165) is 76.9 Å². The average Bonchev–Trinajstić information content (AvgIpc) is 3.70. The Morgan fingerprint density at radius 3 is 1.65 bits per heavy atom. The minimum absolute atomic E-state index is 0.613. The minimum Gasteiger partial charge on any atom is -0.456 e. The SMILES string of the molecule is [C-]#[N+]c1ccc2c3ccccc3n(-c3ccc4oc5ccc(-n6c7ccccc7c7ccc(C#N)cc76)cc5c4c3)c2c1. The fourth-order valence-electron chi connectivity index (χ4n) is 6.66. The molecule has 0 bridgehead atoms. The number of fused-ring (bicyclic) bond motifs is 9. The lowest BCUT2D eigenvalue weighted by Gasteiger charge is -2.09. The topological polar surface area (TPSA) is 51.1 Å². The highest BCUT2D eigenvalue weighted by atomic mass is 16.3. The van der Waals surface area contributed by atoms with Crippen LogP contribution in [0.3, 0.4) is 0 Å². The molecule has 3 heterocycles. The van der Waals surface area contributed by atoms with Gasteiger partial charge >= 0.3 is 0 Å². The highest BCUT2D eigenvalue weighted by molar-refractivity contribution is 6.12. The lowest BCUT2D eigenvalue weighted by Crippen LogP contribution is -1.94. The summed E-state index contributed by atoms with van der Waals surface area (Å²) in [7, 11) is 0. The van der Waals surface area contributed by atoms with Crippen molar-refractivity contribution in [1.82, 2.24) is 9.13 Å². The number of para-hydroxylation sites is 2. The van der Waals surface area contributed by atoms with Gasteiger partial charge in [0, 0.05) is 49.2 Å². The number of hydrogen-bond acceptors (Lipinski definition) is 2. The molecular formula is C38H20N4O. The Hall–Kier alpha value is -6.30. The van der Waals surface area contributed by atoms with E-state index in [1.165, 1.54) is 0 Å². The van der Waals surface area contributed by atoms with E-state index in [1.807, 2.05) is 60.7 Å². The van der Waals surface area contributed by atoms with Crippen molar-refractivity contribution in [1.29, 1.82) is 5.26 Å². The van der Waals surface area contributed by atoms with Crippen molar-refractivity contribution in [2.24, 2.45) is 0 Å². The van der Waals surface area contributed by atoms with Crippen molar-refractivity contribution in [3.63, 3.8) is 0 Å². The second-order valence-electron chi connectivity index (χ2n) is 10.8. The fraction of sp³-hybridized carbons (Fsp3) is 0. The van der Waals surface area contributed by atoms with Gasteiger partial charge in [-0.25, -0.2) is 4.85 Å². The molecule has 5 nitrogen and oxygen atoms in total. The van der Waals surface area contributed by atoms with E-state index in [4.69, 9.17) is 11.0 Å². The zero-order chi connectivity index (χ0) is 28.7. The number of aromatic nitrogens is 2. The molecule has 0 aliphatic rings. The second-order valence-corrected chi connectivity index (χ2v) is 10.8. The maximum Gasteiger partial charge on any atom is 0.189 e. The first kappa shape index (κ1) is 23.4. The van der Waals surface area contributed by atoms with Crippen molar-refractivity contribution in [3.8, 4) is 17.4 Å². The van der Waals surface area contributed by atoms with Crippen molar-refractivity contribution >= 4 is 71.2 Å². The molecular weight excluding hydrogens is 528 g/mol. The second kappa shape index (κ2) is 8.60. The van der Waals surface area contributed by atoms with Gasteiger partial charge in [0.2, 0.25) is 0 Å². The number of nitriles is 1. The summed E-state index contributed by atoms with van der Waals surface area (Å²) in [6, 6.07) is 43.4. The van der Waals surface area contributed by atoms with Gasteiger partial charge in [-0.05, 0) is 66.7 Å². The number of nitrogens with zero attached hydrogens (tertiary/aromatic N) is 4. The first-order chi connectivity index (χ1) is 21.2. The number of furan rings is 1. The molecule has 0 amide bonds. The Kier molecular flexibility index (Phi) is 4.68. The summed E-state index contributed by atoms with van der Waals surface area (Å²) >= 11 is 0. The molecule has 0 atom stereocenters. The van der Waals surface area contributed by atoms with Crippen LogP contribution in [0, 0.1) is 17.9 Å². The summed E-state index contributed by atoms with van der Waals surface area (Å²) in [6.07, 6.45) is 0. The zero-order valence-electron chi connectivity index (χ0n) is 22.7. The normalized spacial score (nSPS) is 11.7. The van der Waals surface area contributed by atoms with Gasteiger partial charge < -0.3 is 13.6 Å². The molecule has 9 aromatic rings. The molecule has 0 saturated heterocycles. The lowest BCUT2D eigenvalue weighted by molar-refractivity contribution is 0.669. The van der Waals surface area contributed by atoms with E-state index in [2.05, 4.69) is 80.7 Å². The van der Waals surface area contributed by atoms with E-state index in [-0.39, 0.29) is 0 Å². The molecule has 6 aromatic carbocycles. The molecule has 0 unspecified atom stereocenters. The molecule has 0 fully saturated rings. The summed E-state index contributed by atoms with van der Waals surface area (Å²) in [5.74, 6) is 0. The van der Waals surface area contributed by atoms with Crippen molar-refractivity contribution < 1.29 is 4.42 Å². The van der Waals surface area contributed by atoms with E-state index >= 15 is 0 Å². The molecule has 198 valence electrons. The van der Waals surface area contributed by atoms with Gasteiger partial charge in [-0.2, -0.15) is 5.26 Å². The predicted octanol–water partition coefficient (Wildman–Crippen LogP) is 10.2. The predicted molar refractivity (Wildman–Crippen MR) is 173 cm³/mol. The molecule has 0 saturated carbocycles. The molecule has 3 aromatic heterocycles. The van der Waals surface area contributed by atoms with Crippen molar-refractivity contribution in [2.45, 2.75) is 0 Å². The van der Waals surface area contributed by atoms with Crippen LogP contribution in [0.5, 0.6) is 0 Å². The van der Waals surface area contributed by atoms with Crippen LogP contribution in [0.15, 0.2) is 126 Å². The quantitative estimate of drug-likeness (QED) is 0.202. The van der Waals surface area contributed by atoms with Gasteiger partial charge in [0.15, 0.2) is 5.69 Å². The van der Waals surface area contributed by atoms with Crippen LogP contribution in [0.1, 0.15) is 5.56 Å². The van der Waals surface area contributed by atoms with Gasteiger partial charge in [0.1, 0.15) is 11.2 Å². The van der Waals surface area contributed by atoms with Crippen LogP contribution >= 0.6 is 0 Å². The summed E-state index contributed by atoms with van der Waals surface area (Å²) in [5, 5.41) is 16.2. The van der Waals surface area contributed by atoms with E-state index < -0.39 is 0 Å². The summed E-state index contributed by atoms with van der Waals surface area (Å²) < 4.78 is 10.8. The molecule has 0 N–H and O–H groups in total. The van der Waals surface area contributed by atoms with Crippen LogP contribution in [0.4, 0.5) is 5.69 Å². The Bertz CT molecular complexity index is 2520. The van der Waals surface area contributed by atoms with Crippen LogP contribution < -0.4 is 0 Å². The molecule has 9 rings (SSSR count). The van der Waals surface area contributed by atoms with Crippen LogP contribution in [-0.4, -0.2) is 9.13 Å². The van der Waals surface area contributed by atoms with Crippen LogP contribution in [-0.2, 0) is 0 Å². The van der Waals surface area contributed by atoms with Gasteiger partial charge in [-0.3, -0.25) is 0 Å². The van der Waals surface area contributed by atoms with Gasteiger partial charge in [-0.15, -0.1) is 0 Å².